The Kier molecular flexibility index (Phi) is 6.01. The normalized spacial score (nSPS) is 11.5. The van der Waals surface area contributed by atoms with Crippen LogP contribution in [0.4, 0.5) is 0 Å². The molecule has 0 saturated heterocycles. The van der Waals surface area contributed by atoms with Crippen molar-refractivity contribution in [3.05, 3.63) is 95.3 Å². The van der Waals surface area contributed by atoms with Crippen LogP contribution in [0.1, 0.15) is 29.3 Å². The molecule has 0 saturated carbocycles. The zero-order valence-corrected chi connectivity index (χ0v) is 14.9. The van der Waals surface area contributed by atoms with Crippen LogP contribution in [0.5, 0.6) is 5.75 Å². The van der Waals surface area contributed by atoms with Gasteiger partial charge < -0.3 is 4.74 Å². The van der Waals surface area contributed by atoms with Crippen molar-refractivity contribution < 1.29 is 4.74 Å². The highest BCUT2D eigenvalue weighted by Gasteiger charge is 2.06. The average molecular weight is 342 g/mol. The van der Waals surface area contributed by atoms with Gasteiger partial charge in [-0.05, 0) is 66.3 Å². The highest BCUT2D eigenvalue weighted by molar-refractivity contribution is 5.32. The minimum atomic E-state index is 0.481. The molecular formula is C23H22N2O. The SMILES string of the molecule is CC(Cc1ccc(C#N)cc1)Cc1ccc(OCc2ccccn2)cc1. The zero-order valence-electron chi connectivity index (χ0n) is 14.9. The molecule has 0 N–H and O–H groups in total. The fourth-order valence-corrected chi connectivity index (χ4v) is 2.95. The molecule has 0 fully saturated rings. The summed E-state index contributed by atoms with van der Waals surface area (Å²) in [5.74, 6) is 1.39. The fourth-order valence-electron chi connectivity index (χ4n) is 2.95. The number of hydrogen-bond acceptors (Lipinski definition) is 3. The van der Waals surface area contributed by atoms with Crippen LogP contribution >= 0.6 is 0 Å². The highest BCUT2D eigenvalue weighted by Crippen LogP contribution is 2.18. The molecule has 1 unspecified atom stereocenters. The number of hydrogen-bond donors (Lipinski definition) is 0. The van der Waals surface area contributed by atoms with Gasteiger partial charge >= 0.3 is 0 Å². The Bertz CT molecular complexity index is 849. The van der Waals surface area contributed by atoms with Gasteiger partial charge in [-0.25, -0.2) is 0 Å². The molecule has 0 aliphatic carbocycles. The monoisotopic (exact) mass is 342 g/mol. The smallest absolute Gasteiger partial charge is 0.130 e. The molecule has 3 rings (SSSR count). The molecule has 130 valence electrons. The lowest BCUT2D eigenvalue weighted by Gasteiger charge is -2.12. The van der Waals surface area contributed by atoms with Crippen LogP contribution < -0.4 is 4.74 Å². The van der Waals surface area contributed by atoms with E-state index in [4.69, 9.17) is 10.00 Å². The number of nitriles is 1. The van der Waals surface area contributed by atoms with E-state index >= 15 is 0 Å². The van der Waals surface area contributed by atoms with Gasteiger partial charge in [-0.15, -0.1) is 0 Å². The molecule has 3 heteroatoms. The average Bonchev–Trinajstić information content (AvgIpc) is 2.69. The van der Waals surface area contributed by atoms with Crippen LogP contribution in [0, 0.1) is 17.2 Å². The molecule has 0 aliphatic heterocycles. The summed E-state index contributed by atoms with van der Waals surface area (Å²) < 4.78 is 5.78. The molecule has 0 amide bonds. The standard InChI is InChI=1S/C23H22N2O/c1-18(14-19-5-7-21(16-24)8-6-19)15-20-9-11-23(12-10-20)26-17-22-4-2-3-13-25-22/h2-13,18H,14-15,17H2,1H3. The lowest BCUT2D eigenvalue weighted by molar-refractivity contribution is 0.301. The first-order valence-corrected chi connectivity index (χ1v) is 8.83. The molecule has 1 aromatic heterocycles. The summed E-state index contributed by atoms with van der Waals surface area (Å²) in [4.78, 5) is 4.26. The number of aromatic nitrogens is 1. The largest absolute Gasteiger partial charge is 0.487 e. The summed E-state index contributed by atoms with van der Waals surface area (Å²) in [6, 6.07) is 24.1. The molecule has 1 atom stereocenters. The van der Waals surface area contributed by atoms with E-state index in [-0.39, 0.29) is 0 Å². The van der Waals surface area contributed by atoms with E-state index in [0.29, 0.717) is 18.1 Å². The third kappa shape index (κ3) is 5.19. The van der Waals surface area contributed by atoms with Crippen LogP contribution in [-0.2, 0) is 19.4 Å². The molecule has 0 radical (unpaired) electrons. The molecule has 26 heavy (non-hydrogen) atoms. The highest BCUT2D eigenvalue weighted by atomic mass is 16.5. The molecule has 0 bridgehead atoms. The zero-order chi connectivity index (χ0) is 18.2. The lowest BCUT2D eigenvalue weighted by atomic mass is 9.94. The predicted molar refractivity (Wildman–Crippen MR) is 103 cm³/mol. The summed E-state index contributed by atoms with van der Waals surface area (Å²) >= 11 is 0. The summed E-state index contributed by atoms with van der Waals surface area (Å²) in [5, 5.41) is 8.87. The Labute approximate surface area is 154 Å². The number of pyridine rings is 1. The van der Waals surface area contributed by atoms with Gasteiger partial charge in [-0.1, -0.05) is 37.3 Å². The third-order valence-corrected chi connectivity index (χ3v) is 4.29. The number of rotatable bonds is 7. The van der Waals surface area contributed by atoms with Gasteiger partial charge in [0, 0.05) is 6.20 Å². The van der Waals surface area contributed by atoms with Gasteiger partial charge in [0.05, 0.1) is 17.3 Å². The molecule has 3 nitrogen and oxygen atoms in total. The summed E-state index contributed by atoms with van der Waals surface area (Å²) in [7, 11) is 0. The minimum absolute atomic E-state index is 0.481. The quantitative estimate of drug-likeness (QED) is 0.610. The van der Waals surface area contributed by atoms with Crippen molar-refractivity contribution >= 4 is 0 Å². The van der Waals surface area contributed by atoms with Crippen molar-refractivity contribution in [1.82, 2.24) is 4.98 Å². The second-order valence-corrected chi connectivity index (χ2v) is 6.58. The lowest BCUT2D eigenvalue weighted by Crippen LogP contribution is -2.04. The van der Waals surface area contributed by atoms with Gasteiger partial charge in [-0.3, -0.25) is 4.98 Å². The van der Waals surface area contributed by atoms with Gasteiger partial charge in [0.1, 0.15) is 12.4 Å². The van der Waals surface area contributed by atoms with Gasteiger partial charge in [0.15, 0.2) is 0 Å². The van der Waals surface area contributed by atoms with Gasteiger partial charge in [0.2, 0.25) is 0 Å². The van der Waals surface area contributed by atoms with E-state index in [1.54, 1.807) is 6.20 Å². The Morgan fingerprint density at radius 3 is 2.15 bits per heavy atom. The van der Waals surface area contributed by atoms with Crippen molar-refractivity contribution in [3.8, 4) is 11.8 Å². The molecule has 1 heterocycles. The molecule has 0 spiro atoms. The number of benzene rings is 2. The second kappa shape index (κ2) is 8.82. The van der Waals surface area contributed by atoms with Gasteiger partial charge in [-0.2, -0.15) is 5.26 Å². The van der Waals surface area contributed by atoms with E-state index in [9.17, 15) is 0 Å². The van der Waals surface area contributed by atoms with Crippen LogP contribution in [0.3, 0.4) is 0 Å². The summed E-state index contributed by atoms with van der Waals surface area (Å²) in [6.45, 7) is 2.74. The number of ether oxygens (including phenoxy) is 1. The third-order valence-electron chi connectivity index (χ3n) is 4.29. The summed E-state index contributed by atoms with van der Waals surface area (Å²) in [6.07, 6.45) is 3.79. The van der Waals surface area contributed by atoms with Crippen LogP contribution in [0.2, 0.25) is 0 Å². The number of nitrogens with zero attached hydrogens (tertiary/aromatic N) is 2. The van der Waals surface area contributed by atoms with E-state index in [0.717, 1.165) is 24.3 Å². The molecular weight excluding hydrogens is 320 g/mol. The van der Waals surface area contributed by atoms with Gasteiger partial charge in [0.25, 0.3) is 0 Å². The van der Waals surface area contributed by atoms with Crippen molar-refractivity contribution in [2.24, 2.45) is 5.92 Å². The van der Waals surface area contributed by atoms with Crippen molar-refractivity contribution in [1.29, 1.82) is 5.26 Å². The topological polar surface area (TPSA) is 45.9 Å². The van der Waals surface area contributed by atoms with Crippen molar-refractivity contribution in [2.75, 3.05) is 0 Å². The van der Waals surface area contributed by atoms with E-state index in [2.05, 4.69) is 30.1 Å². The van der Waals surface area contributed by atoms with Crippen molar-refractivity contribution in [3.63, 3.8) is 0 Å². The summed E-state index contributed by atoms with van der Waals surface area (Å²) in [5.41, 5.74) is 4.21. The van der Waals surface area contributed by atoms with E-state index in [1.165, 1.54) is 11.1 Å². The minimum Gasteiger partial charge on any atom is -0.487 e. The Morgan fingerprint density at radius 2 is 1.58 bits per heavy atom. The first-order chi connectivity index (χ1) is 12.7. The molecule has 0 aliphatic rings. The first-order valence-electron chi connectivity index (χ1n) is 8.83. The maximum Gasteiger partial charge on any atom is 0.130 e. The maximum atomic E-state index is 8.87. The Hall–Kier alpha value is -3.12. The Balaban J connectivity index is 1.50. The van der Waals surface area contributed by atoms with Crippen LogP contribution in [0.25, 0.3) is 0 Å². The van der Waals surface area contributed by atoms with Crippen LogP contribution in [0.15, 0.2) is 72.9 Å². The molecule has 2 aromatic carbocycles. The second-order valence-electron chi connectivity index (χ2n) is 6.58. The van der Waals surface area contributed by atoms with E-state index in [1.807, 2.05) is 54.6 Å². The maximum absolute atomic E-state index is 8.87. The van der Waals surface area contributed by atoms with Crippen LogP contribution in [-0.4, -0.2) is 4.98 Å². The molecule has 3 aromatic rings. The predicted octanol–water partition coefficient (Wildman–Crippen LogP) is 4.95. The fraction of sp³-hybridized carbons (Fsp3) is 0.217. The van der Waals surface area contributed by atoms with E-state index < -0.39 is 0 Å². The van der Waals surface area contributed by atoms with Crippen molar-refractivity contribution in [2.45, 2.75) is 26.4 Å². The Morgan fingerprint density at radius 1 is 0.923 bits per heavy atom. The first kappa shape index (κ1) is 17.7.